The van der Waals surface area contributed by atoms with E-state index in [9.17, 15) is 0 Å². The third-order valence-corrected chi connectivity index (χ3v) is 4.70. The molecule has 4 rings (SSSR count). The average molecular weight is 330 g/mol. The SMILES string of the molecule is CC(C)c1ccnc(-c2ccc3oc4nc(C(C)C)ccc4c3c2)c1. The molecule has 3 heterocycles. The van der Waals surface area contributed by atoms with Crippen LogP contribution < -0.4 is 0 Å². The minimum absolute atomic E-state index is 0.385. The van der Waals surface area contributed by atoms with Crippen LogP contribution in [-0.4, -0.2) is 9.97 Å². The third-order valence-electron chi connectivity index (χ3n) is 4.70. The van der Waals surface area contributed by atoms with Gasteiger partial charge in [-0.15, -0.1) is 0 Å². The van der Waals surface area contributed by atoms with Gasteiger partial charge in [0.05, 0.1) is 5.69 Å². The molecule has 0 saturated carbocycles. The Labute approximate surface area is 147 Å². The molecule has 0 spiro atoms. The van der Waals surface area contributed by atoms with Gasteiger partial charge in [-0.2, -0.15) is 0 Å². The van der Waals surface area contributed by atoms with Gasteiger partial charge in [0, 0.05) is 28.2 Å². The van der Waals surface area contributed by atoms with Crippen LogP contribution in [0.25, 0.3) is 33.3 Å². The van der Waals surface area contributed by atoms with Crippen molar-refractivity contribution in [3.63, 3.8) is 0 Å². The standard InChI is InChI=1S/C22H22N2O/c1-13(2)15-9-10-23-20(12-15)16-5-8-21-18(11-16)17-6-7-19(14(3)4)24-22(17)25-21/h5-14H,1-4H3. The molecule has 0 unspecified atom stereocenters. The second kappa shape index (κ2) is 5.99. The first-order valence-electron chi connectivity index (χ1n) is 8.82. The quantitative estimate of drug-likeness (QED) is 0.443. The van der Waals surface area contributed by atoms with Gasteiger partial charge in [0.25, 0.3) is 0 Å². The number of fused-ring (bicyclic) bond motifs is 3. The summed E-state index contributed by atoms with van der Waals surface area (Å²) >= 11 is 0. The maximum atomic E-state index is 5.96. The van der Waals surface area contributed by atoms with E-state index >= 15 is 0 Å². The predicted octanol–water partition coefficient (Wildman–Crippen LogP) is 6.29. The minimum Gasteiger partial charge on any atom is -0.438 e. The highest BCUT2D eigenvalue weighted by molar-refractivity contribution is 6.05. The van der Waals surface area contributed by atoms with Crippen molar-refractivity contribution < 1.29 is 4.42 Å². The molecule has 25 heavy (non-hydrogen) atoms. The highest BCUT2D eigenvalue weighted by Gasteiger charge is 2.12. The van der Waals surface area contributed by atoms with Gasteiger partial charge in [-0.25, -0.2) is 4.98 Å². The highest BCUT2D eigenvalue weighted by Crippen LogP contribution is 2.32. The van der Waals surface area contributed by atoms with Crippen molar-refractivity contribution in [2.45, 2.75) is 39.5 Å². The van der Waals surface area contributed by atoms with Crippen molar-refractivity contribution in [3.8, 4) is 11.3 Å². The molecule has 0 aliphatic heterocycles. The van der Waals surface area contributed by atoms with Gasteiger partial charge in [0.1, 0.15) is 5.58 Å². The first kappa shape index (κ1) is 15.8. The van der Waals surface area contributed by atoms with Gasteiger partial charge >= 0.3 is 0 Å². The normalized spacial score (nSPS) is 11.9. The summed E-state index contributed by atoms with van der Waals surface area (Å²) in [6, 6.07) is 14.7. The summed E-state index contributed by atoms with van der Waals surface area (Å²) < 4.78 is 5.96. The van der Waals surface area contributed by atoms with Crippen molar-refractivity contribution in [2.75, 3.05) is 0 Å². The van der Waals surface area contributed by atoms with Gasteiger partial charge in [-0.05, 0) is 59.9 Å². The monoisotopic (exact) mass is 330 g/mol. The van der Waals surface area contributed by atoms with E-state index in [1.54, 1.807) is 0 Å². The van der Waals surface area contributed by atoms with Gasteiger partial charge in [0.15, 0.2) is 0 Å². The zero-order valence-corrected chi connectivity index (χ0v) is 15.1. The van der Waals surface area contributed by atoms with Gasteiger partial charge in [0.2, 0.25) is 5.71 Å². The number of pyridine rings is 2. The summed E-state index contributed by atoms with van der Waals surface area (Å²) in [7, 11) is 0. The van der Waals surface area contributed by atoms with Crippen molar-refractivity contribution in [3.05, 3.63) is 59.9 Å². The van der Waals surface area contributed by atoms with E-state index in [-0.39, 0.29) is 0 Å². The highest BCUT2D eigenvalue weighted by atomic mass is 16.3. The van der Waals surface area contributed by atoms with Crippen LogP contribution in [0.3, 0.4) is 0 Å². The summed E-state index contributed by atoms with van der Waals surface area (Å²) in [5, 5.41) is 2.15. The van der Waals surface area contributed by atoms with Crippen LogP contribution in [0.4, 0.5) is 0 Å². The zero-order valence-electron chi connectivity index (χ0n) is 15.1. The lowest BCUT2D eigenvalue weighted by Crippen LogP contribution is -1.91. The second-order valence-corrected chi connectivity index (χ2v) is 7.19. The molecule has 126 valence electrons. The van der Waals surface area contributed by atoms with E-state index in [2.05, 4.69) is 74.1 Å². The van der Waals surface area contributed by atoms with Crippen molar-refractivity contribution >= 4 is 22.1 Å². The van der Waals surface area contributed by atoms with Crippen LogP contribution in [0.15, 0.2) is 53.1 Å². The van der Waals surface area contributed by atoms with Crippen LogP contribution in [0.5, 0.6) is 0 Å². The van der Waals surface area contributed by atoms with Crippen molar-refractivity contribution in [1.29, 1.82) is 0 Å². The molecule has 0 N–H and O–H groups in total. The number of hydrogen-bond acceptors (Lipinski definition) is 3. The minimum atomic E-state index is 0.385. The van der Waals surface area contributed by atoms with Gasteiger partial charge in [-0.1, -0.05) is 27.7 Å². The molecule has 3 nitrogen and oxygen atoms in total. The maximum Gasteiger partial charge on any atom is 0.227 e. The topological polar surface area (TPSA) is 38.9 Å². The summed E-state index contributed by atoms with van der Waals surface area (Å²) in [5.41, 5.74) is 6.03. The summed E-state index contributed by atoms with van der Waals surface area (Å²) in [6.07, 6.45) is 1.89. The molecule has 0 aliphatic carbocycles. The van der Waals surface area contributed by atoms with E-state index in [0.717, 1.165) is 33.3 Å². The molecule has 3 heteroatoms. The van der Waals surface area contributed by atoms with Crippen LogP contribution in [-0.2, 0) is 0 Å². The Kier molecular flexibility index (Phi) is 3.79. The molecule has 0 atom stereocenters. The fourth-order valence-corrected chi connectivity index (χ4v) is 3.12. The summed E-state index contributed by atoms with van der Waals surface area (Å²) in [4.78, 5) is 9.22. The number of furan rings is 1. The Bertz CT molecular complexity index is 1060. The average Bonchev–Trinajstić information content (AvgIpc) is 2.98. The number of nitrogens with zero attached hydrogens (tertiary/aromatic N) is 2. The van der Waals surface area contributed by atoms with E-state index in [4.69, 9.17) is 4.42 Å². The molecule has 1 aromatic carbocycles. The Morgan fingerprint density at radius 3 is 2.44 bits per heavy atom. The summed E-state index contributed by atoms with van der Waals surface area (Å²) in [6.45, 7) is 8.68. The van der Waals surface area contributed by atoms with Crippen molar-refractivity contribution in [2.24, 2.45) is 0 Å². The van der Waals surface area contributed by atoms with E-state index in [1.165, 1.54) is 5.56 Å². The number of hydrogen-bond donors (Lipinski definition) is 0. The van der Waals surface area contributed by atoms with Gasteiger partial charge in [-0.3, -0.25) is 4.98 Å². The second-order valence-electron chi connectivity index (χ2n) is 7.19. The van der Waals surface area contributed by atoms with E-state index < -0.39 is 0 Å². The smallest absolute Gasteiger partial charge is 0.227 e. The Morgan fingerprint density at radius 1 is 0.840 bits per heavy atom. The Hall–Kier alpha value is -2.68. The summed E-state index contributed by atoms with van der Waals surface area (Å²) in [5.74, 6) is 0.870. The largest absolute Gasteiger partial charge is 0.438 e. The van der Waals surface area contributed by atoms with Gasteiger partial charge < -0.3 is 4.42 Å². The van der Waals surface area contributed by atoms with Crippen LogP contribution >= 0.6 is 0 Å². The van der Waals surface area contributed by atoms with Crippen LogP contribution in [0, 0.1) is 0 Å². The fraction of sp³-hybridized carbons (Fsp3) is 0.273. The number of aromatic nitrogens is 2. The Balaban J connectivity index is 1.87. The first-order valence-corrected chi connectivity index (χ1v) is 8.82. The molecule has 0 radical (unpaired) electrons. The van der Waals surface area contributed by atoms with E-state index in [0.29, 0.717) is 17.5 Å². The first-order chi connectivity index (χ1) is 12.0. The lowest BCUT2D eigenvalue weighted by molar-refractivity contribution is 0.648. The Morgan fingerprint density at radius 2 is 1.68 bits per heavy atom. The molecule has 0 fully saturated rings. The molecule has 3 aromatic heterocycles. The van der Waals surface area contributed by atoms with Crippen LogP contribution in [0.1, 0.15) is 50.8 Å². The molecule has 0 saturated heterocycles. The number of rotatable bonds is 3. The molecular formula is C22H22N2O. The van der Waals surface area contributed by atoms with E-state index in [1.807, 2.05) is 12.3 Å². The molecule has 0 amide bonds. The molecular weight excluding hydrogens is 308 g/mol. The molecule has 0 aliphatic rings. The lowest BCUT2D eigenvalue weighted by atomic mass is 10.0. The molecule has 4 aromatic rings. The molecule has 0 bridgehead atoms. The fourth-order valence-electron chi connectivity index (χ4n) is 3.12. The lowest BCUT2D eigenvalue weighted by Gasteiger charge is -2.07. The zero-order chi connectivity index (χ0) is 17.6. The predicted molar refractivity (Wildman–Crippen MR) is 103 cm³/mol. The van der Waals surface area contributed by atoms with Crippen LogP contribution in [0.2, 0.25) is 0 Å². The maximum absolute atomic E-state index is 5.96. The van der Waals surface area contributed by atoms with Crippen molar-refractivity contribution in [1.82, 2.24) is 9.97 Å². The third kappa shape index (κ3) is 2.80. The number of benzene rings is 1.